The van der Waals surface area contributed by atoms with Gasteiger partial charge in [0.15, 0.2) is 18.9 Å². The number of aliphatic hydroxyl groups excluding tert-OH is 12. The predicted molar refractivity (Wildman–Crippen MR) is 233 cm³/mol. The highest BCUT2D eigenvalue weighted by atomic mass is 16.8. The summed E-state index contributed by atoms with van der Waals surface area (Å²) < 4.78 is 37.1. The van der Waals surface area contributed by atoms with E-state index in [0.29, 0.717) is 32.1 Å². The molecular weight excluding hydrogens is 865 g/mol. The molecule has 12 N–H and O–H groups in total. The molecule has 0 radical (unpaired) electrons. The summed E-state index contributed by atoms with van der Waals surface area (Å²) in [6.07, 6.45) is -14.8. The second-order valence-electron chi connectivity index (χ2n) is 22.5. The van der Waals surface area contributed by atoms with E-state index in [1.807, 2.05) is 26.0 Å². The Labute approximate surface area is 388 Å². The Bertz CT molecular complexity index is 1710. The van der Waals surface area contributed by atoms with Gasteiger partial charge in [-0.15, -0.1) is 0 Å². The molecule has 0 aromatic carbocycles. The van der Waals surface area contributed by atoms with E-state index in [-0.39, 0.29) is 39.9 Å². The van der Waals surface area contributed by atoms with Crippen molar-refractivity contribution in [3.8, 4) is 0 Å². The standard InChI is InChI=1S/C48H80O18/c1-22(2)10-9-14-48(8,66-42-39(60)36(57)33(54)26(20-50)62-42)23-11-16-47(7)31(23)24(52)18-29-45(5)15-13-30(44(3,4)28(45)12-17-46(29,47)6)64-43-40(37(58)34(55)27(21-51)63-43)65-41-38(59)35(56)32(53)25(19-49)61-41/h9-10,23-43,49-60H,1,11-21H2,2-8H3. The molecule has 380 valence electrons. The zero-order valence-corrected chi connectivity index (χ0v) is 39.6. The molecule has 25 unspecified atom stereocenters. The summed E-state index contributed by atoms with van der Waals surface area (Å²) in [7, 11) is 0. The third-order valence-electron chi connectivity index (χ3n) is 18.5. The number of aliphatic hydroxyl groups is 12. The van der Waals surface area contributed by atoms with Crippen molar-refractivity contribution in [2.45, 2.75) is 210 Å². The molecule has 3 saturated heterocycles. The van der Waals surface area contributed by atoms with Crippen LogP contribution in [0.15, 0.2) is 24.3 Å². The molecule has 25 atom stereocenters. The minimum atomic E-state index is -1.80. The Kier molecular flexibility index (Phi) is 15.5. The van der Waals surface area contributed by atoms with Crippen molar-refractivity contribution in [3.05, 3.63) is 24.3 Å². The molecule has 0 aromatic heterocycles. The van der Waals surface area contributed by atoms with Gasteiger partial charge in [-0.2, -0.15) is 0 Å². The number of hydrogen-bond donors (Lipinski definition) is 12. The lowest BCUT2D eigenvalue weighted by Crippen LogP contribution is -2.68. The van der Waals surface area contributed by atoms with Gasteiger partial charge in [-0.1, -0.05) is 58.9 Å². The first kappa shape index (κ1) is 52.6. The van der Waals surface area contributed by atoms with Crippen LogP contribution in [0.1, 0.15) is 99.8 Å². The van der Waals surface area contributed by atoms with Gasteiger partial charge in [0, 0.05) is 0 Å². The van der Waals surface area contributed by atoms with Gasteiger partial charge in [0.1, 0.15) is 73.2 Å². The van der Waals surface area contributed by atoms with Gasteiger partial charge in [-0.3, -0.25) is 0 Å². The van der Waals surface area contributed by atoms with Crippen LogP contribution < -0.4 is 0 Å². The van der Waals surface area contributed by atoms with E-state index < -0.39 is 135 Å². The van der Waals surface area contributed by atoms with Gasteiger partial charge in [0.25, 0.3) is 0 Å². The average molecular weight is 945 g/mol. The minimum Gasteiger partial charge on any atom is -0.394 e. The lowest BCUT2D eigenvalue weighted by molar-refractivity contribution is -0.378. The van der Waals surface area contributed by atoms with E-state index >= 15 is 0 Å². The molecule has 4 saturated carbocycles. The summed E-state index contributed by atoms with van der Waals surface area (Å²) in [5.74, 6) is -0.265. The van der Waals surface area contributed by atoms with E-state index in [2.05, 4.69) is 41.2 Å². The maximum Gasteiger partial charge on any atom is 0.187 e. The van der Waals surface area contributed by atoms with Crippen LogP contribution in [0, 0.1) is 45.3 Å². The number of rotatable bonds is 13. The summed E-state index contributed by atoms with van der Waals surface area (Å²) in [4.78, 5) is 0. The summed E-state index contributed by atoms with van der Waals surface area (Å²) in [6.45, 7) is 17.2. The first-order valence-corrected chi connectivity index (χ1v) is 24.1. The molecule has 3 aliphatic heterocycles. The molecule has 3 heterocycles. The van der Waals surface area contributed by atoms with E-state index in [1.54, 1.807) is 0 Å². The molecule has 0 amide bonds. The molecule has 66 heavy (non-hydrogen) atoms. The first-order chi connectivity index (χ1) is 30.8. The van der Waals surface area contributed by atoms with Crippen LogP contribution in [0.5, 0.6) is 0 Å². The summed E-state index contributed by atoms with van der Waals surface area (Å²) in [6, 6.07) is 0. The number of fused-ring (bicyclic) bond motifs is 5. The maximum absolute atomic E-state index is 12.6. The fourth-order valence-electron chi connectivity index (χ4n) is 14.7. The van der Waals surface area contributed by atoms with E-state index in [4.69, 9.17) is 28.4 Å². The van der Waals surface area contributed by atoms with Crippen LogP contribution in [0.25, 0.3) is 0 Å². The smallest absolute Gasteiger partial charge is 0.187 e. The average Bonchev–Trinajstić information content (AvgIpc) is 3.65. The topological polar surface area (TPSA) is 298 Å². The second-order valence-corrected chi connectivity index (χ2v) is 22.5. The monoisotopic (exact) mass is 945 g/mol. The van der Waals surface area contributed by atoms with Crippen molar-refractivity contribution in [1.29, 1.82) is 0 Å². The second kappa shape index (κ2) is 19.4. The Morgan fingerprint density at radius 1 is 0.636 bits per heavy atom. The van der Waals surface area contributed by atoms with Gasteiger partial charge in [0.2, 0.25) is 0 Å². The minimum absolute atomic E-state index is 0.0796. The number of ether oxygens (including phenoxy) is 6. The number of hydrogen-bond acceptors (Lipinski definition) is 18. The lowest BCUT2D eigenvalue weighted by atomic mass is 9.35. The van der Waals surface area contributed by atoms with Crippen LogP contribution in [0.3, 0.4) is 0 Å². The van der Waals surface area contributed by atoms with Crippen LogP contribution in [0.2, 0.25) is 0 Å². The molecule has 4 aliphatic carbocycles. The van der Waals surface area contributed by atoms with Crippen molar-refractivity contribution in [1.82, 2.24) is 0 Å². The van der Waals surface area contributed by atoms with Gasteiger partial charge in [-0.25, -0.2) is 0 Å². The highest BCUT2D eigenvalue weighted by Gasteiger charge is 2.72. The van der Waals surface area contributed by atoms with Crippen molar-refractivity contribution in [2.24, 2.45) is 45.3 Å². The SMILES string of the molecule is C=C(C)C=CCC(C)(OC1OC(CO)C(O)C(O)C1O)C1CCC2(C)C1C(O)CC1C3(C)CCC(OC4OC(CO)C(O)C(O)C4OC4OC(CO)C(O)C(O)C4O)C(C)(C)C3CCC12C. The predicted octanol–water partition coefficient (Wildman–Crippen LogP) is -0.251. The van der Waals surface area contributed by atoms with E-state index in [0.717, 1.165) is 24.8 Å². The summed E-state index contributed by atoms with van der Waals surface area (Å²) in [5, 5.41) is 129. The van der Waals surface area contributed by atoms with Crippen LogP contribution in [0.4, 0.5) is 0 Å². The van der Waals surface area contributed by atoms with Gasteiger partial charge in [-0.05, 0) is 111 Å². The third-order valence-corrected chi connectivity index (χ3v) is 18.5. The Balaban J connectivity index is 1.13. The quantitative estimate of drug-likeness (QED) is 0.0837. The molecule has 18 nitrogen and oxygen atoms in total. The van der Waals surface area contributed by atoms with Crippen LogP contribution in [-0.2, 0) is 28.4 Å². The highest BCUT2D eigenvalue weighted by Crippen LogP contribution is 2.76. The highest BCUT2D eigenvalue weighted by molar-refractivity contribution is 5.21. The zero-order valence-electron chi connectivity index (χ0n) is 39.6. The van der Waals surface area contributed by atoms with E-state index in [1.165, 1.54) is 0 Å². The zero-order chi connectivity index (χ0) is 48.6. The van der Waals surface area contributed by atoms with Crippen molar-refractivity contribution >= 4 is 0 Å². The fraction of sp³-hybridized carbons (Fsp3) is 0.917. The van der Waals surface area contributed by atoms with Crippen molar-refractivity contribution in [2.75, 3.05) is 19.8 Å². The summed E-state index contributed by atoms with van der Waals surface area (Å²) >= 11 is 0. The van der Waals surface area contributed by atoms with Gasteiger partial charge in [0.05, 0.1) is 37.6 Å². The Hall–Kier alpha value is -1.24. The van der Waals surface area contributed by atoms with Gasteiger partial charge >= 0.3 is 0 Å². The Morgan fingerprint density at radius 2 is 1.17 bits per heavy atom. The lowest BCUT2D eigenvalue weighted by Gasteiger charge is -2.71. The van der Waals surface area contributed by atoms with Crippen molar-refractivity contribution < 1.29 is 89.7 Å². The molecule has 7 fully saturated rings. The molecule has 0 spiro atoms. The molecule has 7 aliphatic rings. The molecule has 7 rings (SSSR count). The normalized spacial score (nSPS) is 52.6. The fourth-order valence-corrected chi connectivity index (χ4v) is 14.7. The molecular formula is C48H80O18. The van der Waals surface area contributed by atoms with Gasteiger partial charge < -0.3 is 89.7 Å². The maximum atomic E-state index is 12.6. The third kappa shape index (κ3) is 8.71. The largest absolute Gasteiger partial charge is 0.394 e. The first-order valence-electron chi connectivity index (χ1n) is 24.1. The van der Waals surface area contributed by atoms with Crippen LogP contribution >= 0.6 is 0 Å². The summed E-state index contributed by atoms with van der Waals surface area (Å²) in [5.41, 5.74) is -1.58. The van der Waals surface area contributed by atoms with Crippen LogP contribution in [-0.4, -0.2) is 191 Å². The Morgan fingerprint density at radius 3 is 1.74 bits per heavy atom. The molecule has 0 bridgehead atoms. The van der Waals surface area contributed by atoms with Crippen molar-refractivity contribution in [3.63, 3.8) is 0 Å². The van der Waals surface area contributed by atoms with E-state index in [9.17, 15) is 61.3 Å². The number of allylic oxidation sites excluding steroid dienone is 2. The molecule has 0 aromatic rings. The molecule has 18 heteroatoms.